The summed E-state index contributed by atoms with van der Waals surface area (Å²) in [5, 5.41) is 11.9. The number of fused-ring (bicyclic) bond motifs is 1. The second-order valence-electron chi connectivity index (χ2n) is 8.19. The first-order valence-electron chi connectivity index (χ1n) is 9.68. The predicted octanol–water partition coefficient (Wildman–Crippen LogP) is 2.88. The molecule has 1 aromatic carbocycles. The molecule has 0 spiro atoms. The van der Waals surface area contributed by atoms with Crippen molar-refractivity contribution in [2.45, 2.75) is 47.0 Å². The quantitative estimate of drug-likeness (QED) is 0.818. The van der Waals surface area contributed by atoms with Crippen LogP contribution in [0.5, 0.6) is 0 Å². The summed E-state index contributed by atoms with van der Waals surface area (Å²) in [4.78, 5) is 27.0. The smallest absolute Gasteiger partial charge is 0.251 e. The Hall–Kier alpha value is -2.93. The highest BCUT2D eigenvalue weighted by Crippen LogP contribution is 2.46. The van der Waals surface area contributed by atoms with Gasteiger partial charge >= 0.3 is 0 Å². The fourth-order valence-corrected chi connectivity index (χ4v) is 3.92. The van der Waals surface area contributed by atoms with E-state index in [2.05, 4.69) is 24.1 Å². The van der Waals surface area contributed by atoms with Crippen LogP contribution in [0, 0.1) is 22.2 Å². The molecule has 1 heterocycles. The zero-order valence-electron chi connectivity index (χ0n) is 16.9. The normalized spacial score (nSPS) is 20.1. The van der Waals surface area contributed by atoms with Gasteiger partial charge in [0.05, 0.1) is 11.5 Å². The minimum Gasteiger partial charge on any atom is -0.322 e. The summed E-state index contributed by atoms with van der Waals surface area (Å²) in [5.74, 6) is 0.0162. The maximum atomic E-state index is 12.3. The summed E-state index contributed by atoms with van der Waals surface area (Å²) >= 11 is 0. The average Bonchev–Trinajstić information content (AvgIpc) is 2.67. The van der Waals surface area contributed by atoms with E-state index in [-0.39, 0.29) is 11.3 Å². The maximum absolute atomic E-state index is 12.3. The number of aromatic nitrogens is 1. The standard InChI is InChI=1S/C24H26N2O2/c1-5-18-12-20-9-10-23(3,14-21(20)26-22(18)28)24(4,15-25)13-17-7-6-8-19(11-17)16(2)27/h6-9,11-12,14H,5,10,13H2,1-4H3,(H,26,28). The van der Waals surface area contributed by atoms with Crippen molar-refractivity contribution in [2.75, 3.05) is 0 Å². The lowest BCUT2D eigenvalue weighted by Gasteiger charge is -2.40. The zero-order chi connectivity index (χ0) is 20.5. The first-order chi connectivity index (χ1) is 13.2. The molecule has 2 unspecified atom stereocenters. The number of carbonyl (C=O) groups excluding carboxylic acids is 1. The summed E-state index contributed by atoms with van der Waals surface area (Å²) in [7, 11) is 0. The van der Waals surface area contributed by atoms with Gasteiger partial charge in [0, 0.05) is 21.9 Å². The molecule has 2 aromatic rings. The molecular formula is C24H26N2O2. The van der Waals surface area contributed by atoms with E-state index in [0.717, 1.165) is 21.7 Å². The van der Waals surface area contributed by atoms with Crippen molar-refractivity contribution in [1.29, 1.82) is 5.26 Å². The Morgan fingerprint density at radius 1 is 1.36 bits per heavy atom. The number of nitrogens with zero attached hydrogens (tertiary/aromatic N) is 1. The molecule has 2 atom stereocenters. The Labute approximate surface area is 165 Å². The van der Waals surface area contributed by atoms with Crippen LogP contribution in [0.4, 0.5) is 0 Å². The van der Waals surface area contributed by atoms with E-state index >= 15 is 0 Å². The number of benzene rings is 1. The van der Waals surface area contributed by atoms with Gasteiger partial charge in [-0.1, -0.05) is 44.2 Å². The molecule has 0 bridgehead atoms. The van der Waals surface area contributed by atoms with Crippen molar-refractivity contribution in [3.05, 3.63) is 67.9 Å². The summed E-state index contributed by atoms with van der Waals surface area (Å²) in [6, 6.07) is 12.0. The number of ketones is 1. The van der Waals surface area contributed by atoms with Gasteiger partial charge < -0.3 is 4.98 Å². The largest absolute Gasteiger partial charge is 0.322 e. The van der Waals surface area contributed by atoms with E-state index in [0.29, 0.717) is 24.8 Å². The van der Waals surface area contributed by atoms with Crippen LogP contribution >= 0.6 is 0 Å². The van der Waals surface area contributed by atoms with Crippen molar-refractivity contribution < 1.29 is 4.79 Å². The number of nitriles is 1. The van der Waals surface area contributed by atoms with Gasteiger partial charge in [0.25, 0.3) is 5.56 Å². The predicted molar refractivity (Wildman–Crippen MR) is 111 cm³/mol. The molecule has 0 saturated carbocycles. The summed E-state index contributed by atoms with van der Waals surface area (Å²) in [6.07, 6.45) is 6.09. The van der Waals surface area contributed by atoms with Crippen LogP contribution in [0.3, 0.4) is 0 Å². The molecule has 4 heteroatoms. The number of Topliss-reactive ketones (excluding diaryl/α,β-unsaturated/α-hetero) is 1. The van der Waals surface area contributed by atoms with Gasteiger partial charge in [-0.15, -0.1) is 0 Å². The Morgan fingerprint density at radius 3 is 2.75 bits per heavy atom. The Balaban J connectivity index is 2.05. The van der Waals surface area contributed by atoms with Gasteiger partial charge in [-0.25, -0.2) is 0 Å². The number of nitrogens with one attached hydrogen (secondary N) is 1. The van der Waals surface area contributed by atoms with E-state index in [4.69, 9.17) is 0 Å². The third-order valence-corrected chi connectivity index (χ3v) is 6.17. The third kappa shape index (κ3) is 3.45. The zero-order valence-corrected chi connectivity index (χ0v) is 16.9. The summed E-state index contributed by atoms with van der Waals surface area (Å²) in [6.45, 7) is 7.54. The van der Waals surface area contributed by atoms with Crippen LogP contribution < -0.4 is 16.1 Å². The van der Waals surface area contributed by atoms with Gasteiger partial charge in [-0.3, -0.25) is 9.59 Å². The third-order valence-electron chi connectivity index (χ3n) is 6.17. The molecule has 1 aliphatic rings. The summed E-state index contributed by atoms with van der Waals surface area (Å²) < 4.78 is 0. The van der Waals surface area contributed by atoms with Gasteiger partial charge in [-0.05, 0) is 56.0 Å². The lowest BCUT2D eigenvalue weighted by molar-refractivity contribution is 0.101. The van der Waals surface area contributed by atoms with E-state index in [1.165, 1.54) is 0 Å². The molecule has 0 saturated heterocycles. The van der Waals surface area contributed by atoms with Crippen molar-refractivity contribution in [3.63, 3.8) is 0 Å². The fourth-order valence-electron chi connectivity index (χ4n) is 3.92. The lowest BCUT2D eigenvalue weighted by Crippen LogP contribution is -2.46. The number of carbonyl (C=O) groups is 1. The van der Waals surface area contributed by atoms with Crippen molar-refractivity contribution in [1.82, 2.24) is 4.98 Å². The van der Waals surface area contributed by atoms with Crippen molar-refractivity contribution in [3.8, 4) is 6.07 Å². The Bertz CT molecular complexity index is 1150. The number of aromatic amines is 1. The number of hydrogen-bond acceptors (Lipinski definition) is 3. The molecule has 0 aliphatic heterocycles. The Kier molecular flexibility index (Phi) is 5.12. The number of aryl methyl sites for hydroxylation is 1. The van der Waals surface area contributed by atoms with Crippen LogP contribution in [0.2, 0.25) is 0 Å². The molecule has 0 radical (unpaired) electrons. The van der Waals surface area contributed by atoms with Crippen LogP contribution in [-0.2, 0) is 12.8 Å². The van der Waals surface area contributed by atoms with Gasteiger partial charge in [0.15, 0.2) is 5.78 Å². The highest BCUT2D eigenvalue weighted by Gasteiger charge is 2.43. The van der Waals surface area contributed by atoms with Crippen molar-refractivity contribution in [2.24, 2.45) is 10.8 Å². The SMILES string of the molecule is CCc1cc2c([nH]c1=O)=CC(C)(C(C)(C#N)Cc1cccc(C(C)=O)c1)CC=2. The first-order valence-corrected chi connectivity index (χ1v) is 9.68. The number of H-pyrrole nitrogens is 1. The lowest BCUT2D eigenvalue weighted by atomic mass is 9.61. The minimum absolute atomic E-state index is 0.0162. The molecule has 1 aliphatic carbocycles. The second-order valence-corrected chi connectivity index (χ2v) is 8.19. The van der Waals surface area contributed by atoms with Gasteiger partial charge in [0.2, 0.25) is 0 Å². The average molecular weight is 374 g/mol. The molecule has 3 rings (SSSR count). The number of rotatable bonds is 5. The number of hydrogen-bond donors (Lipinski definition) is 1. The topological polar surface area (TPSA) is 73.7 Å². The highest BCUT2D eigenvalue weighted by molar-refractivity contribution is 5.94. The molecule has 4 nitrogen and oxygen atoms in total. The molecular weight excluding hydrogens is 348 g/mol. The van der Waals surface area contributed by atoms with Gasteiger partial charge in [0.1, 0.15) is 0 Å². The molecule has 1 aromatic heterocycles. The van der Waals surface area contributed by atoms with Gasteiger partial charge in [-0.2, -0.15) is 5.26 Å². The molecule has 0 fully saturated rings. The molecule has 28 heavy (non-hydrogen) atoms. The monoisotopic (exact) mass is 374 g/mol. The van der Waals surface area contributed by atoms with E-state index < -0.39 is 10.8 Å². The molecule has 144 valence electrons. The maximum Gasteiger partial charge on any atom is 0.251 e. The van der Waals surface area contributed by atoms with Crippen LogP contribution in [0.15, 0.2) is 35.1 Å². The highest BCUT2D eigenvalue weighted by atomic mass is 16.1. The number of pyridine rings is 1. The van der Waals surface area contributed by atoms with Crippen LogP contribution in [0.25, 0.3) is 12.2 Å². The minimum atomic E-state index is -0.698. The summed E-state index contributed by atoms with van der Waals surface area (Å²) in [5.41, 5.74) is 1.18. The molecule has 0 amide bonds. The first kappa shape index (κ1) is 19.8. The second kappa shape index (κ2) is 7.24. The van der Waals surface area contributed by atoms with Crippen molar-refractivity contribution >= 4 is 17.9 Å². The fraction of sp³-hybridized carbons (Fsp3) is 0.375. The van der Waals surface area contributed by atoms with E-state index in [1.54, 1.807) is 13.0 Å². The van der Waals surface area contributed by atoms with Crippen LogP contribution in [-0.4, -0.2) is 10.8 Å². The van der Waals surface area contributed by atoms with E-state index in [9.17, 15) is 14.9 Å². The van der Waals surface area contributed by atoms with E-state index in [1.807, 2.05) is 44.2 Å². The van der Waals surface area contributed by atoms with Crippen LogP contribution in [0.1, 0.15) is 55.6 Å². The Morgan fingerprint density at radius 2 is 2.11 bits per heavy atom. The molecule has 1 N–H and O–H groups in total.